The minimum atomic E-state index is -0.638. The number of piperidine rings is 1. The summed E-state index contributed by atoms with van der Waals surface area (Å²) >= 11 is 6.03. The van der Waals surface area contributed by atoms with E-state index in [0.29, 0.717) is 36.5 Å². The van der Waals surface area contributed by atoms with E-state index in [4.69, 9.17) is 11.6 Å². The second-order valence-corrected chi connectivity index (χ2v) is 6.68. The number of rotatable bonds is 5. The Morgan fingerprint density at radius 2 is 2.26 bits per heavy atom. The number of aliphatic hydroxyl groups is 2. The molecule has 6 heteroatoms. The first kappa shape index (κ1) is 18.0. The topological polar surface area (TPSA) is 72.8 Å². The SMILES string of the molecule is CCC[C@]1(CO)CN(C(=O)c2cc(Cl)ccc2NC)CC[C@@H]1O. The number of likely N-dealkylation sites (tertiary alicyclic amines) is 1. The number of aliphatic hydroxyl groups excluding tert-OH is 2. The zero-order chi connectivity index (χ0) is 17.0. The molecule has 0 radical (unpaired) electrons. The van der Waals surface area contributed by atoms with Crippen LogP contribution in [0, 0.1) is 5.41 Å². The summed E-state index contributed by atoms with van der Waals surface area (Å²) in [5.74, 6) is -0.127. The highest BCUT2D eigenvalue weighted by molar-refractivity contribution is 6.31. The Balaban J connectivity index is 2.28. The van der Waals surface area contributed by atoms with Crippen LogP contribution in [-0.4, -0.2) is 53.9 Å². The molecule has 1 aliphatic heterocycles. The van der Waals surface area contributed by atoms with Crippen LogP contribution in [-0.2, 0) is 0 Å². The summed E-state index contributed by atoms with van der Waals surface area (Å²) in [7, 11) is 1.76. The van der Waals surface area contributed by atoms with Crippen molar-refractivity contribution in [1.29, 1.82) is 0 Å². The van der Waals surface area contributed by atoms with Gasteiger partial charge in [0.05, 0.1) is 18.3 Å². The van der Waals surface area contributed by atoms with Crippen LogP contribution in [0.3, 0.4) is 0 Å². The van der Waals surface area contributed by atoms with Gasteiger partial charge in [0.2, 0.25) is 0 Å². The monoisotopic (exact) mass is 340 g/mol. The summed E-state index contributed by atoms with van der Waals surface area (Å²) in [5, 5.41) is 23.7. The van der Waals surface area contributed by atoms with E-state index >= 15 is 0 Å². The molecule has 0 aliphatic carbocycles. The fourth-order valence-corrected chi connectivity index (χ4v) is 3.55. The van der Waals surface area contributed by atoms with E-state index < -0.39 is 11.5 Å². The predicted octanol–water partition coefficient (Wildman–Crippen LogP) is 2.37. The molecule has 2 atom stereocenters. The molecule has 0 bridgehead atoms. The van der Waals surface area contributed by atoms with E-state index in [1.165, 1.54) is 0 Å². The minimum absolute atomic E-state index is 0.125. The normalized spacial score (nSPS) is 24.6. The van der Waals surface area contributed by atoms with Crippen molar-refractivity contribution < 1.29 is 15.0 Å². The maximum absolute atomic E-state index is 12.9. The van der Waals surface area contributed by atoms with Crippen molar-refractivity contribution >= 4 is 23.2 Å². The van der Waals surface area contributed by atoms with Crippen molar-refractivity contribution in [1.82, 2.24) is 4.90 Å². The molecule has 23 heavy (non-hydrogen) atoms. The van der Waals surface area contributed by atoms with Crippen molar-refractivity contribution in [2.24, 2.45) is 5.41 Å². The minimum Gasteiger partial charge on any atom is -0.396 e. The van der Waals surface area contributed by atoms with Crippen LogP contribution in [0.5, 0.6) is 0 Å². The zero-order valence-electron chi connectivity index (χ0n) is 13.7. The first-order valence-corrected chi connectivity index (χ1v) is 8.40. The summed E-state index contributed by atoms with van der Waals surface area (Å²) in [4.78, 5) is 14.6. The number of amides is 1. The summed E-state index contributed by atoms with van der Waals surface area (Å²) in [6.07, 6.45) is 1.42. The fraction of sp³-hybridized carbons (Fsp3) is 0.588. The first-order valence-electron chi connectivity index (χ1n) is 8.03. The maximum atomic E-state index is 12.9. The van der Waals surface area contributed by atoms with E-state index in [9.17, 15) is 15.0 Å². The van der Waals surface area contributed by atoms with Crippen molar-refractivity contribution in [3.05, 3.63) is 28.8 Å². The van der Waals surface area contributed by atoms with Crippen LogP contribution in [0.25, 0.3) is 0 Å². The number of nitrogens with one attached hydrogen (secondary N) is 1. The van der Waals surface area contributed by atoms with Crippen molar-refractivity contribution in [3.63, 3.8) is 0 Å². The fourth-order valence-electron chi connectivity index (χ4n) is 3.38. The molecule has 0 aromatic heterocycles. The Kier molecular flexibility index (Phi) is 5.89. The highest BCUT2D eigenvalue weighted by atomic mass is 35.5. The average Bonchev–Trinajstić information content (AvgIpc) is 2.56. The van der Waals surface area contributed by atoms with Gasteiger partial charge in [0.15, 0.2) is 0 Å². The van der Waals surface area contributed by atoms with Gasteiger partial charge >= 0.3 is 0 Å². The lowest BCUT2D eigenvalue weighted by atomic mass is 9.74. The third-order valence-corrected chi connectivity index (χ3v) is 4.95. The van der Waals surface area contributed by atoms with Gasteiger partial charge in [-0.2, -0.15) is 0 Å². The Bertz CT molecular complexity index is 567. The molecule has 5 nitrogen and oxygen atoms in total. The second kappa shape index (κ2) is 7.51. The van der Waals surface area contributed by atoms with Gasteiger partial charge in [0, 0.05) is 36.3 Å². The van der Waals surface area contributed by atoms with Crippen LogP contribution in [0.1, 0.15) is 36.5 Å². The number of nitrogens with zero attached hydrogens (tertiary/aromatic N) is 1. The van der Waals surface area contributed by atoms with E-state index in [1.54, 1.807) is 30.1 Å². The van der Waals surface area contributed by atoms with Crippen molar-refractivity contribution in [2.75, 3.05) is 32.1 Å². The number of benzene rings is 1. The van der Waals surface area contributed by atoms with Gasteiger partial charge in [-0.05, 0) is 31.0 Å². The van der Waals surface area contributed by atoms with Crippen LogP contribution in [0.4, 0.5) is 5.69 Å². The third-order valence-electron chi connectivity index (χ3n) is 4.72. The third kappa shape index (κ3) is 3.62. The van der Waals surface area contributed by atoms with Gasteiger partial charge in [-0.3, -0.25) is 4.79 Å². The van der Waals surface area contributed by atoms with Gasteiger partial charge in [-0.1, -0.05) is 24.9 Å². The second-order valence-electron chi connectivity index (χ2n) is 6.24. The Morgan fingerprint density at radius 1 is 1.52 bits per heavy atom. The molecule has 0 saturated carbocycles. The molecule has 1 saturated heterocycles. The van der Waals surface area contributed by atoms with Gasteiger partial charge in [-0.25, -0.2) is 0 Å². The molecule has 1 aromatic carbocycles. The molecule has 128 valence electrons. The van der Waals surface area contributed by atoms with Gasteiger partial charge < -0.3 is 20.4 Å². The number of carbonyl (C=O) groups excluding carboxylic acids is 1. The standard InChI is InChI=1S/C17H25ClN2O3/c1-3-7-17(11-21)10-20(8-6-15(17)22)16(23)13-9-12(18)4-5-14(13)19-2/h4-5,9,15,19,21-22H,3,6-8,10-11H2,1-2H3/t15-,17+/m0/s1. The Hall–Kier alpha value is -1.30. The number of halogens is 1. The summed E-state index contributed by atoms with van der Waals surface area (Å²) in [6, 6.07) is 5.17. The summed E-state index contributed by atoms with van der Waals surface area (Å²) in [6.45, 7) is 2.72. The number of carbonyl (C=O) groups is 1. The lowest BCUT2D eigenvalue weighted by molar-refractivity contribution is -0.0720. The van der Waals surface area contributed by atoms with Crippen molar-refractivity contribution in [3.8, 4) is 0 Å². The average molecular weight is 341 g/mol. The van der Waals surface area contributed by atoms with Crippen LogP contribution < -0.4 is 5.32 Å². The summed E-state index contributed by atoms with van der Waals surface area (Å²) in [5.41, 5.74) is 0.594. The Labute approximate surface area is 142 Å². The van der Waals surface area contributed by atoms with Gasteiger partial charge in [0.25, 0.3) is 5.91 Å². The highest BCUT2D eigenvalue weighted by Crippen LogP contribution is 2.35. The smallest absolute Gasteiger partial charge is 0.256 e. The van der Waals surface area contributed by atoms with Crippen LogP contribution in [0.2, 0.25) is 5.02 Å². The van der Waals surface area contributed by atoms with Crippen LogP contribution >= 0.6 is 11.6 Å². The molecule has 0 spiro atoms. The number of hydrogen-bond donors (Lipinski definition) is 3. The highest BCUT2D eigenvalue weighted by Gasteiger charge is 2.43. The van der Waals surface area contributed by atoms with E-state index in [2.05, 4.69) is 5.32 Å². The Morgan fingerprint density at radius 3 is 2.87 bits per heavy atom. The van der Waals surface area contributed by atoms with Gasteiger partial charge in [0.1, 0.15) is 0 Å². The summed E-state index contributed by atoms with van der Waals surface area (Å²) < 4.78 is 0. The van der Waals surface area contributed by atoms with Crippen molar-refractivity contribution in [2.45, 2.75) is 32.3 Å². The molecule has 1 amide bonds. The molecule has 1 fully saturated rings. The molecule has 3 N–H and O–H groups in total. The number of anilines is 1. The lowest BCUT2D eigenvalue weighted by Gasteiger charge is -2.45. The molecular formula is C17H25ClN2O3. The van der Waals surface area contributed by atoms with Gasteiger partial charge in [-0.15, -0.1) is 0 Å². The largest absolute Gasteiger partial charge is 0.396 e. The molecule has 1 heterocycles. The molecule has 0 unspecified atom stereocenters. The quantitative estimate of drug-likeness (QED) is 0.769. The van der Waals surface area contributed by atoms with E-state index in [-0.39, 0.29) is 12.5 Å². The molecular weight excluding hydrogens is 316 g/mol. The number of hydrogen-bond acceptors (Lipinski definition) is 4. The molecule has 1 aliphatic rings. The lowest BCUT2D eigenvalue weighted by Crippen LogP contribution is -2.55. The predicted molar refractivity (Wildman–Crippen MR) is 92.0 cm³/mol. The first-order chi connectivity index (χ1) is 11.0. The van der Waals surface area contributed by atoms with E-state index in [1.807, 2.05) is 6.92 Å². The van der Waals surface area contributed by atoms with Crippen LogP contribution in [0.15, 0.2) is 18.2 Å². The molecule has 2 rings (SSSR count). The maximum Gasteiger partial charge on any atom is 0.256 e. The molecule has 1 aromatic rings. The van der Waals surface area contributed by atoms with E-state index in [0.717, 1.165) is 12.1 Å². The zero-order valence-corrected chi connectivity index (χ0v) is 14.4.